The number of ether oxygens (including phenoxy) is 1. The fourth-order valence-electron chi connectivity index (χ4n) is 1.22. The molecule has 0 fully saturated rings. The van der Waals surface area contributed by atoms with Gasteiger partial charge in [-0.3, -0.25) is 9.59 Å². The van der Waals surface area contributed by atoms with Crippen molar-refractivity contribution in [1.29, 1.82) is 0 Å². The summed E-state index contributed by atoms with van der Waals surface area (Å²) in [7, 11) is -2.28. The van der Waals surface area contributed by atoms with Crippen LogP contribution in [0.15, 0.2) is 0 Å². The van der Waals surface area contributed by atoms with E-state index in [1.54, 1.807) is 0 Å². The Morgan fingerprint density at radius 2 is 1.89 bits per heavy atom. The number of carboxylic acid groups (broad SMARTS) is 1. The van der Waals surface area contributed by atoms with Gasteiger partial charge in [0.05, 0.1) is 12.9 Å². The van der Waals surface area contributed by atoms with Crippen molar-refractivity contribution in [2.24, 2.45) is 0 Å². The Balaban J connectivity index is 3.85. The van der Waals surface area contributed by atoms with E-state index in [0.29, 0.717) is 19.3 Å². The molecule has 18 heavy (non-hydrogen) atoms. The minimum absolute atomic E-state index is 0.147. The van der Waals surface area contributed by atoms with E-state index in [-0.39, 0.29) is 18.1 Å². The smallest absolute Gasteiger partial charge is 0.321 e. The van der Waals surface area contributed by atoms with Crippen molar-refractivity contribution in [3.05, 3.63) is 0 Å². The highest BCUT2D eigenvalue weighted by Gasteiger charge is 2.18. The number of nitrogens with one attached hydrogen (secondary N) is 1. The molecule has 0 aliphatic rings. The van der Waals surface area contributed by atoms with Gasteiger partial charge in [0.1, 0.15) is 6.04 Å². The molecular formula is C10H19NO6S. The number of methoxy groups -OCH3 is 1. The highest BCUT2D eigenvalue weighted by atomic mass is 32.2. The highest BCUT2D eigenvalue weighted by Crippen LogP contribution is 2.03. The van der Waals surface area contributed by atoms with Crippen molar-refractivity contribution in [2.75, 3.05) is 12.9 Å². The predicted molar refractivity (Wildman–Crippen MR) is 64.5 cm³/mol. The average Bonchev–Trinajstić information content (AvgIpc) is 2.27. The van der Waals surface area contributed by atoms with Crippen LogP contribution in [0.4, 0.5) is 0 Å². The van der Waals surface area contributed by atoms with Gasteiger partial charge in [0.2, 0.25) is 10.0 Å². The van der Waals surface area contributed by atoms with Crippen molar-refractivity contribution in [3.63, 3.8) is 0 Å². The van der Waals surface area contributed by atoms with Crippen molar-refractivity contribution in [1.82, 2.24) is 4.72 Å². The molecule has 1 atom stereocenters. The van der Waals surface area contributed by atoms with Gasteiger partial charge in [-0.05, 0) is 19.8 Å². The molecule has 106 valence electrons. The Morgan fingerprint density at radius 3 is 2.39 bits per heavy atom. The number of esters is 1. The van der Waals surface area contributed by atoms with E-state index >= 15 is 0 Å². The molecule has 0 aromatic carbocycles. The van der Waals surface area contributed by atoms with Crippen molar-refractivity contribution < 1.29 is 27.9 Å². The van der Waals surface area contributed by atoms with Crippen LogP contribution in [0.3, 0.4) is 0 Å². The second-order valence-corrected chi connectivity index (χ2v) is 5.76. The topological polar surface area (TPSA) is 110 Å². The number of hydrogen-bond acceptors (Lipinski definition) is 5. The molecule has 0 aromatic heterocycles. The van der Waals surface area contributed by atoms with Crippen LogP contribution in [-0.2, 0) is 24.3 Å². The SMILES string of the molecule is COC(=O)CCCCCS(=O)(=O)N[C@@H](C)C(=O)O. The number of sulfonamides is 1. The number of carbonyl (C=O) groups excluding carboxylic acids is 1. The van der Waals surface area contributed by atoms with E-state index < -0.39 is 22.0 Å². The van der Waals surface area contributed by atoms with E-state index in [1.807, 2.05) is 4.72 Å². The molecule has 0 heterocycles. The van der Waals surface area contributed by atoms with Crippen LogP contribution < -0.4 is 4.72 Å². The summed E-state index contributed by atoms with van der Waals surface area (Å²) < 4.78 is 29.4. The third-order valence-electron chi connectivity index (χ3n) is 2.25. The summed E-state index contributed by atoms with van der Waals surface area (Å²) in [5.74, 6) is -1.69. The first kappa shape index (κ1) is 16.9. The van der Waals surface area contributed by atoms with Crippen molar-refractivity contribution in [3.8, 4) is 0 Å². The molecule has 0 aliphatic carbocycles. The van der Waals surface area contributed by atoms with Crippen LogP contribution in [0.1, 0.15) is 32.6 Å². The lowest BCUT2D eigenvalue weighted by molar-refractivity contribution is -0.141. The van der Waals surface area contributed by atoms with Crippen LogP contribution >= 0.6 is 0 Å². The first-order valence-corrected chi connectivity index (χ1v) is 7.23. The largest absolute Gasteiger partial charge is 0.480 e. The quantitative estimate of drug-likeness (QED) is 0.458. The zero-order valence-corrected chi connectivity index (χ0v) is 11.3. The summed E-state index contributed by atoms with van der Waals surface area (Å²) in [5, 5.41) is 8.56. The Morgan fingerprint density at radius 1 is 1.28 bits per heavy atom. The van der Waals surface area contributed by atoms with Gasteiger partial charge in [0.25, 0.3) is 0 Å². The van der Waals surface area contributed by atoms with Gasteiger partial charge in [-0.2, -0.15) is 0 Å². The molecule has 0 aromatic rings. The fourth-order valence-corrected chi connectivity index (χ4v) is 2.56. The summed E-state index contributed by atoms with van der Waals surface area (Å²) in [4.78, 5) is 21.3. The van der Waals surface area contributed by atoms with Gasteiger partial charge in [0, 0.05) is 6.42 Å². The molecule has 0 unspecified atom stereocenters. The number of rotatable bonds is 9. The Bertz CT molecular complexity index is 378. The number of carbonyl (C=O) groups is 2. The molecular weight excluding hydrogens is 262 g/mol. The van der Waals surface area contributed by atoms with E-state index in [4.69, 9.17) is 5.11 Å². The van der Waals surface area contributed by atoms with Crippen LogP contribution in [0.2, 0.25) is 0 Å². The molecule has 2 N–H and O–H groups in total. The van der Waals surface area contributed by atoms with Crippen LogP contribution in [0.5, 0.6) is 0 Å². The molecule has 0 rings (SSSR count). The lowest BCUT2D eigenvalue weighted by atomic mass is 10.2. The Labute approximate surface area is 107 Å². The molecule has 0 radical (unpaired) electrons. The maximum absolute atomic E-state index is 11.4. The third-order valence-corrected chi connectivity index (χ3v) is 3.79. The second kappa shape index (κ2) is 8.04. The van der Waals surface area contributed by atoms with Crippen LogP contribution in [-0.4, -0.2) is 44.4 Å². The van der Waals surface area contributed by atoms with Crippen molar-refractivity contribution in [2.45, 2.75) is 38.6 Å². The van der Waals surface area contributed by atoms with Crippen LogP contribution in [0.25, 0.3) is 0 Å². The van der Waals surface area contributed by atoms with Crippen LogP contribution in [0, 0.1) is 0 Å². The van der Waals surface area contributed by atoms with E-state index in [1.165, 1.54) is 14.0 Å². The highest BCUT2D eigenvalue weighted by molar-refractivity contribution is 7.89. The first-order chi connectivity index (χ1) is 8.28. The number of carboxylic acids is 1. The number of aliphatic carboxylic acids is 1. The molecule has 0 amide bonds. The monoisotopic (exact) mass is 281 g/mol. The molecule has 0 saturated heterocycles. The number of unbranched alkanes of at least 4 members (excludes halogenated alkanes) is 2. The summed E-state index contributed by atoms with van der Waals surface area (Å²) >= 11 is 0. The maximum Gasteiger partial charge on any atom is 0.321 e. The summed E-state index contributed by atoms with van der Waals surface area (Å²) in [6, 6.07) is -1.13. The van der Waals surface area contributed by atoms with Gasteiger partial charge in [0.15, 0.2) is 0 Å². The van der Waals surface area contributed by atoms with Gasteiger partial charge < -0.3 is 9.84 Å². The average molecular weight is 281 g/mol. The minimum Gasteiger partial charge on any atom is -0.480 e. The summed E-state index contributed by atoms with van der Waals surface area (Å²) in [6.45, 7) is 1.26. The maximum atomic E-state index is 11.4. The van der Waals surface area contributed by atoms with Gasteiger partial charge in [-0.15, -0.1) is 0 Å². The van der Waals surface area contributed by atoms with Crippen molar-refractivity contribution >= 4 is 22.0 Å². The predicted octanol–water partition coefficient (Wildman–Crippen LogP) is 0.112. The molecule has 7 nitrogen and oxygen atoms in total. The molecule has 0 spiro atoms. The van der Waals surface area contributed by atoms with Gasteiger partial charge >= 0.3 is 11.9 Å². The molecule has 8 heteroatoms. The minimum atomic E-state index is -3.58. The van der Waals surface area contributed by atoms with E-state index in [2.05, 4.69) is 4.74 Å². The Hall–Kier alpha value is -1.15. The first-order valence-electron chi connectivity index (χ1n) is 5.58. The zero-order chi connectivity index (χ0) is 14.2. The van der Waals surface area contributed by atoms with E-state index in [9.17, 15) is 18.0 Å². The standard InChI is InChI=1S/C10H19NO6S/c1-8(10(13)14)11-18(15,16)7-5-3-4-6-9(12)17-2/h8,11H,3-7H2,1-2H3,(H,13,14)/t8-/m0/s1. The molecule has 0 aliphatic heterocycles. The molecule has 0 saturated carbocycles. The lowest BCUT2D eigenvalue weighted by Gasteiger charge is -2.09. The zero-order valence-electron chi connectivity index (χ0n) is 10.5. The van der Waals surface area contributed by atoms with Gasteiger partial charge in [-0.25, -0.2) is 13.1 Å². The second-order valence-electron chi connectivity index (χ2n) is 3.88. The third kappa shape index (κ3) is 8.02. The van der Waals surface area contributed by atoms with E-state index in [0.717, 1.165) is 0 Å². The molecule has 0 bridgehead atoms. The summed E-state index contributed by atoms with van der Waals surface area (Å²) in [6.07, 6.45) is 1.75. The van der Waals surface area contributed by atoms with Gasteiger partial charge in [-0.1, -0.05) is 6.42 Å². The lowest BCUT2D eigenvalue weighted by Crippen LogP contribution is -2.39. The number of hydrogen-bond donors (Lipinski definition) is 2. The normalized spacial score (nSPS) is 13.0. The fraction of sp³-hybridized carbons (Fsp3) is 0.800. The summed E-state index contributed by atoms with van der Waals surface area (Å²) in [5.41, 5.74) is 0. The Kier molecular flexibility index (Phi) is 7.53.